The van der Waals surface area contributed by atoms with Gasteiger partial charge in [0.15, 0.2) is 0 Å². The molecule has 0 saturated heterocycles. The fourth-order valence-corrected chi connectivity index (χ4v) is 2.40. The van der Waals surface area contributed by atoms with E-state index in [2.05, 4.69) is 17.4 Å². The first-order valence-corrected chi connectivity index (χ1v) is 7.13. The van der Waals surface area contributed by atoms with Gasteiger partial charge in [-0.05, 0) is 31.6 Å². The number of rotatable bonds is 7. The third kappa shape index (κ3) is 5.30. The van der Waals surface area contributed by atoms with Gasteiger partial charge in [0.1, 0.15) is 6.26 Å². The van der Waals surface area contributed by atoms with Gasteiger partial charge in [0.25, 0.3) is 0 Å². The lowest BCUT2D eigenvalue weighted by molar-refractivity contribution is -0.0278. The highest BCUT2D eigenvalue weighted by Crippen LogP contribution is 2.25. The first-order valence-electron chi connectivity index (χ1n) is 7.13. The van der Waals surface area contributed by atoms with Gasteiger partial charge in [0.2, 0.25) is 0 Å². The molecule has 0 amide bonds. The van der Waals surface area contributed by atoms with E-state index in [9.17, 15) is 5.11 Å². The van der Waals surface area contributed by atoms with Gasteiger partial charge in [-0.1, -0.05) is 12.1 Å². The van der Waals surface area contributed by atoms with Crippen LogP contribution in [0.2, 0.25) is 0 Å². The lowest BCUT2D eigenvalue weighted by Crippen LogP contribution is -2.32. The van der Waals surface area contributed by atoms with Crippen molar-refractivity contribution in [3.63, 3.8) is 0 Å². The Hall–Kier alpha value is -0.910. The van der Waals surface area contributed by atoms with E-state index in [1.807, 2.05) is 0 Å². The predicted octanol–water partition coefficient (Wildman–Crippen LogP) is 1.72. The van der Waals surface area contributed by atoms with Crippen molar-refractivity contribution in [2.45, 2.75) is 51.4 Å². The van der Waals surface area contributed by atoms with Gasteiger partial charge < -0.3 is 19.7 Å². The van der Waals surface area contributed by atoms with Crippen molar-refractivity contribution in [2.75, 3.05) is 13.2 Å². The number of nitrogens with one attached hydrogen (secondary N) is 1. The highest BCUT2D eigenvalue weighted by atomic mass is 16.5. The molecule has 108 valence electrons. The molecular formula is C14H24N2O3. The van der Waals surface area contributed by atoms with E-state index in [1.165, 1.54) is 12.8 Å². The maximum Gasteiger partial charge on any atom is 0.124 e. The molecule has 0 aliphatic heterocycles. The zero-order valence-corrected chi connectivity index (χ0v) is 11.5. The van der Waals surface area contributed by atoms with Crippen LogP contribution in [0.4, 0.5) is 0 Å². The summed E-state index contributed by atoms with van der Waals surface area (Å²) in [6.07, 6.45) is 6.14. The number of nitrogens with zero attached hydrogens (tertiary/aromatic N) is 1. The molecular weight excluding hydrogens is 244 g/mol. The van der Waals surface area contributed by atoms with Crippen LogP contribution in [0.5, 0.6) is 0 Å². The number of hydrogen-bond donors (Lipinski definition) is 2. The largest absolute Gasteiger partial charge is 0.389 e. The van der Waals surface area contributed by atoms with E-state index in [0.29, 0.717) is 25.8 Å². The molecule has 2 rings (SSSR count). The molecule has 0 aromatic carbocycles. The number of aliphatic hydroxyl groups is 1. The van der Waals surface area contributed by atoms with Gasteiger partial charge in [-0.2, -0.15) is 0 Å². The summed E-state index contributed by atoms with van der Waals surface area (Å²) in [5.41, 5.74) is 0.842. The number of aromatic nitrogens is 1. The molecule has 1 aromatic rings. The van der Waals surface area contributed by atoms with Crippen LogP contribution in [0, 0.1) is 5.92 Å². The monoisotopic (exact) mass is 268 g/mol. The van der Waals surface area contributed by atoms with Gasteiger partial charge in [0, 0.05) is 19.2 Å². The first-order chi connectivity index (χ1) is 9.24. The average Bonchev–Trinajstić information content (AvgIpc) is 2.91. The lowest BCUT2D eigenvalue weighted by Gasteiger charge is -2.27. The Balaban J connectivity index is 1.53. The Morgan fingerprint density at radius 2 is 2.26 bits per heavy atom. The molecule has 1 aliphatic carbocycles. The summed E-state index contributed by atoms with van der Waals surface area (Å²) in [4.78, 5) is 0. The first kappa shape index (κ1) is 14.5. The van der Waals surface area contributed by atoms with Crippen LogP contribution in [0.3, 0.4) is 0 Å². The second-order valence-corrected chi connectivity index (χ2v) is 5.49. The van der Waals surface area contributed by atoms with Gasteiger partial charge >= 0.3 is 0 Å². The summed E-state index contributed by atoms with van der Waals surface area (Å²) < 4.78 is 10.5. The standard InChI is InChI=1S/C14H24N2O3/c1-11-2-4-14(5-3-11)18-10-13(17)9-15-8-12-6-7-19-16-12/h6-7,11,13-15,17H,2-5,8-10H2,1H3. The third-order valence-corrected chi connectivity index (χ3v) is 3.66. The van der Waals surface area contributed by atoms with E-state index in [-0.39, 0.29) is 0 Å². The summed E-state index contributed by atoms with van der Waals surface area (Å²) in [6, 6.07) is 1.80. The van der Waals surface area contributed by atoms with Gasteiger partial charge in [0.05, 0.1) is 24.5 Å². The van der Waals surface area contributed by atoms with E-state index >= 15 is 0 Å². The molecule has 0 spiro atoms. The second-order valence-electron chi connectivity index (χ2n) is 5.49. The van der Waals surface area contributed by atoms with E-state index in [1.54, 1.807) is 12.3 Å². The Labute approximate surface area is 114 Å². The van der Waals surface area contributed by atoms with Crippen molar-refractivity contribution in [3.8, 4) is 0 Å². The van der Waals surface area contributed by atoms with Crippen molar-refractivity contribution in [1.29, 1.82) is 0 Å². The normalized spacial score (nSPS) is 25.4. The van der Waals surface area contributed by atoms with E-state index < -0.39 is 6.10 Å². The lowest BCUT2D eigenvalue weighted by atomic mass is 9.89. The molecule has 1 atom stereocenters. The van der Waals surface area contributed by atoms with Crippen LogP contribution in [0.1, 0.15) is 38.3 Å². The minimum atomic E-state index is -0.466. The predicted molar refractivity (Wildman–Crippen MR) is 71.6 cm³/mol. The van der Waals surface area contributed by atoms with Crippen LogP contribution in [0.15, 0.2) is 16.9 Å². The Morgan fingerprint density at radius 1 is 1.47 bits per heavy atom. The van der Waals surface area contributed by atoms with Crippen LogP contribution in [-0.2, 0) is 11.3 Å². The van der Waals surface area contributed by atoms with Crippen molar-refractivity contribution >= 4 is 0 Å². The number of ether oxygens (including phenoxy) is 1. The Kier molecular flexibility index (Phi) is 5.82. The maximum atomic E-state index is 9.83. The summed E-state index contributed by atoms with van der Waals surface area (Å²) >= 11 is 0. The molecule has 0 bridgehead atoms. The molecule has 5 nitrogen and oxygen atoms in total. The van der Waals surface area contributed by atoms with Gasteiger partial charge in [-0.25, -0.2) is 0 Å². The molecule has 1 fully saturated rings. The topological polar surface area (TPSA) is 67.5 Å². The quantitative estimate of drug-likeness (QED) is 0.788. The molecule has 1 saturated carbocycles. The maximum absolute atomic E-state index is 9.83. The molecule has 1 heterocycles. The molecule has 1 aliphatic rings. The zero-order valence-electron chi connectivity index (χ0n) is 11.5. The van der Waals surface area contributed by atoms with Crippen molar-refractivity contribution in [3.05, 3.63) is 18.0 Å². The van der Waals surface area contributed by atoms with Crippen molar-refractivity contribution in [1.82, 2.24) is 10.5 Å². The summed E-state index contributed by atoms with van der Waals surface area (Å²) in [7, 11) is 0. The highest BCUT2D eigenvalue weighted by Gasteiger charge is 2.19. The molecule has 1 unspecified atom stereocenters. The highest BCUT2D eigenvalue weighted by molar-refractivity contribution is 4.94. The fraction of sp³-hybridized carbons (Fsp3) is 0.786. The third-order valence-electron chi connectivity index (χ3n) is 3.66. The van der Waals surface area contributed by atoms with Gasteiger partial charge in [-0.3, -0.25) is 0 Å². The second kappa shape index (κ2) is 7.62. The van der Waals surface area contributed by atoms with E-state index in [4.69, 9.17) is 9.26 Å². The van der Waals surface area contributed by atoms with Crippen molar-refractivity contribution in [2.24, 2.45) is 5.92 Å². The van der Waals surface area contributed by atoms with Crippen LogP contribution < -0.4 is 5.32 Å². The molecule has 1 aromatic heterocycles. The minimum absolute atomic E-state index is 0.335. The summed E-state index contributed by atoms with van der Waals surface area (Å²) in [6.45, 7) is 3.81. The fourth-order valence-electron chi connectivity index (χ4n) is 2.40. The Bertz CT molecular complexity index is 334. The van der Waals surface area contributed by atoms with Crippen LogP contribution in [0.25, 0.3) is 0 Å². The average molecular weight is 268 g/mol. The molecule has 19 heavy (non-hydrogen) atoms. The smallest absolute Gasteiger partial charge is 0.124 e. The number of hydrogen-bond acceptors (Lipinski definition) is 5. The van der Waals surface area contributed by atoms with Gasteiger partial charge in [-0.15, -0.1) is 0 Å². The minimum Gasteiger partial charge on any atom is -0.389 e. The summed E-state index contributed by atoms with van der Waals surface area (Å²) in [5.74, 6) is 0.828. The molecule has 0 radical (unpaired) electrons. The summed E-state index contributed by atoms with van der Waals surface area (Å²) in [5, 5.41) is 16.7. The van der Waals surface area contributed by atoms with Crippen molar-refractivity contribution < 1.29 is 14.4 Å². The Morgan fingerprint density at radius 3 is 2.95 bits per heavy atom. The number of aliphatic hydroxyl groups excluding tert-OH is 1. The molecule has 5 heteroatoms. The van der Waals surface area contributed by atoms with Crippen LogP contribution in [-0.4, -0.2) is 35.6 Å². The molecule has 2 N–H and O–H groups in total. The van der Waals surface area contributed by atoms with E-state index in [0.717, 1.165) is 24.5 Å². The van der Waals surface area contributed by atoms with Crippen LogP contribution >= 0.6 is 0 Å². The SMILES string of the molecule is CC1CCC(OCC(O)CNCc2ccon2)CC1. The zero-order chi connectivity index (χ0) is 13.5.